The van der Waals surface area contributed by atoms with Gasteiger partial charge in [0.25, 0.3) is 0 Å². The van der Waals surface area contributed by atoms with Crippen LogP contribution in [0, 0.1) is 6.92 Å². The van der Waals surface area contributed by atoms with Crippen LogP contribution in [0.15, 0.2) is 73.3 Å². The molecule has 0 spiro atoms. The maximum atomic E-state index is 13.1. The standard InChI is InChI=1S/C35H46N4O3Si/c1-26-24-38(25-36-26)31-13-12-29(23-34(31)41-5)33(40)16-19-37-17-14-27(15-18-37)32-22-28-10-8-9-11-30(28)39(32)20-21-42-43(6,7)35(2,3)4/h8-13,16,19,22-25,27H,14-15,17-18,20-21H2,1-7H3. The van der Waals surface area contributed by atoms with Gasteiger partial charge in [-0.2, -0.15) is 0 Å². The molecule has 1 saturated heterocycles. The van der Waals surface area contributed by atoms with Crippen molar-refractivity contribution in [2.45, 2.75) is 71.1 Å². The second-order valence-electron chi connectivity index (χ2n) is 13.2. The maximum absolute atomic E-state index is 13.1. The lowest BCUT2D eigenvalue weighted by Gasteiger charge is -2.36. The largest absolute Gasteiger partial charge is 0.495 e. The number of carbonyl (C=O) groups excluding carboxylic acids is 1. The van der Waals surface area contributed by atoms with Crippen LogP contribution in [-0.2, 0) is 11.0 Å². The van der Waals surface area contributed by atoms with Gasteiger partial charge in [-0.15, -0.1) is 0 Å². The third-order valence-corrected chi connectivity index (χ3v) is 13.8. The molecule has 228 valence electrons. The van der Waals surface area contributed by atoms with Crippen LogP contribution < -0.4 is 4.74 Å². The van der Waals surface area contributed by atoms with E-state index < -0.39 is 8.32 Å². The van der Waals surface area contributed by atoms with Crippen molar-refractivity contribution in [2.75, 3.05) is 26.8 Å². The van der Waals surface area contributed by atoms with E-state index in [9.17, 15) is 4.79 Å². The quantitative estimate of drug-likeness (QED) is 0.106. The molecule has 1 aliphatic heterocycles. The first kappa shape index (κ1) is 30.8. The van der Waals surface area contributed by atoms with E-state index in [1.54, 1.807) is 25.6 Å². The molecule has 0 N–H and O–H groups in total. The number of allylic oxidation sites excluding steroid dienone is 1. The van der Waals surface area contributed by atoms with Crippen LogP contribution in [0.1, 0.15) is 61.3 Å². The van der Waals surface area contributed by atoms with Crippen molar-refractivity contribution in [3.05, 3.63) is 90.3 Å². The summed E-state index contributed by atoms with van der Waals surface area (Å²) in [5.41, 5.74) is 5.07. The van der Waals surface area contributed by atoms with Crippen molar-refractivity contribution < 1.29 is 14.0 Å². The number of para-hydroxylation sites is 1. The summed E-state index contributed by atoms with van der Waals surface area (Å²) >= 11 is 0. The molecule has 0 unspecified atom stereocenters. The number of rotatable bonds is 10. The Bertz CT molecular complexity index is 1600. The Morgan fingerprint density at radius 1 is 1.09 bits per heavy atom. The normalized spacial score (nSPS) is 15.1. The predicted octanol–water partition coefficient (Wildman–Crippen LogP) is 7.74. The molecule has 3 heterocycles. The lowest BCUT2D eigenvalue weighted by atomic mass is 9.93. The molecule has 0 radical (unpaired) electrons. The number of aryl methyl sites for hydroxylation is 1. The van der Waals surface area contributed by atoms with Gasteiger partial charge in [-0.25, -0.2) is 4.98 Å². The molecule has 0 bridgehead atoms. The van der Waals surface area contributed by atoms with Crippen molar-refractivity contribution in [1.29, 1.82) is 0 Å². The molecule has 2 aromatic carbocycles. The first-order chi connectivity index (χ1) is 20.5. The molecule has 1 aliphatic rings. The molecule has 2 aromatic heterocycles. The Kier molecular flexibility index (Phi) is 8.99. The summed E-state index contributed by atoms with van der Waals surface area (Å²) in [6.07, 6.45) is 9.42. The number of aromatic nitrogens is 3. The van der Waals surface area contributed by atoms with Crippen molar-refractivity contribution in [3.8, 4) is 11.4 Å². The van der Waals surface area contributed by atoms with Crippen LogP contribution in [0.2, 0.25) is 18.1 Å². The highest BCUT2D eigenvalue weighted by atomic mass is 28.4. The molecule has 43 heavy (non-hydrogen) atoms. The number of ether oxygens (including phenoxy) is 1. The monoisotopic (exact) mass is 598 g/mol. The SMILES string of the molecule is COc1cc(C(=O)C=CN2CCC(c3cc4ccccc4n3CCO[Si](C)(C)C(C)(C)C)CC2)ccc1-n1cnc(C)c1. The number of hydrogen-bond donors (Lipinski definition) is 0. The van der Waals surface area contributed by atoms with Crippen molar-refractivity contribution in [1.82, 2.24) is 19.0 Å². The van der Waals surface area contributed by atoms with Gasteiger partial charge in [-0.05, 0) is 73.6 Å². The molecule has 5 rings (SSSR count). The van der Waals surface area contributed by atoms with Gasteiger partial charge in [0.2, 0.25) is 0 Å². The lowest BCUT2D eigenvalue weighted by Crippen LogP contribution is -2.41. The highest BCUT2D eigenvalue weighted by Crippen LogP contribution is 2.37. The zero-order valence-electron chi connectivity index (χ0n) is 26.8. The second-order valence-corrected chi connectivity index (χ2v) is 18.0. The number of piperidine rings is 1. The number of ketones is 1. The number of methoxy groups -OCH3 is 1. The molecular formula is C35H46N4O3Si. The minimum atomic E-state index is -1.80. The predicted molar refractivity (Wildman–Crippen MR) is 177 cm³/mol. The van der Waals surface area contributed by atoms with Gasteiger partial charge < -0.3 is 23.2 Å². The summed E-state index contributed by atoms with van der Waals surface area (Å²) in [6, 6.07) is 16.6. The molecule has 4 aromatic rings. The highest BCUT2D eigenvalue weighted by Gasteiger charge is 2.37. The zero-order chi connectivity index (χ0) is 30.8. The van der Waals surface area contributed by atoms with E-state index >= 15 is 0 Å². The first-order valence-electron chi connectivity index (χ1n) is 15.3. The van der Waals surface area contributed by atoms with E-state index in [4.69, 9.17) is 9.16 Å². The van der Waals surface area contributed by atoms with Crippen LogP contribution in [0.3, 0.4) is 0 Å². The van der Waals surface area contributed by atoms with Gasteiger partial charge in [-0.3, -0.25) is 4.79 Å². The number of fused-ring (bicyclic) bond motifs is 1. The summed E-state index contributed by atoms with van der Waals surface area (Å²) in [6.45, 7) is 16.9. The summed E-state index contributed by atoms with van der Waals surface area (Å²) in [5.74, 6) is 1.09. The minimum absolute atomic E-state index is 0.0318. The summed E-state index contributed by atoms with van der Waals surface area (Å²) in [5, 5.41) is 1.49. The van der Waals surface area contributed by atoms with Crippen molar-refractivity contribution in [3.63, 3.8) is 0 Å². The fraction of sp³-hybridized carbons (Fsp3) is 0.429. The minimum Gasteiger partial charge on any atom is -0.495 e. The van der Waals surface area contributed by atoms with Crippen LogP contribution >= 0.6 is 0 Å². The fourth-order valence-corrected chi connectivity index (χ4v) is 6.67. The fourth-order valence-electron chi connectivity index (χ4n) is 5.64. The topological polar surface area (TPSA) is 61.5 Å². The number of hydrogen-bond acceptors (Lipinski definition) is 5. The number of likely N-dealkylation sites (tertiary alicyclic amines) is 1. The molecule has 7 nitrogen and oxygen atoms in total. The molecule has 0 atom stereocenters. The van der Waals surface area contributed by atoms with Gasteiger partial charge in [0, 0.05) is 60.8 Å². The van der Waals surface area contributed by atoms with Gasteiger partial charge in [0.15, 0.2) is 14.1 Å². The van der Waals surface area contributed by atoms with Gasteiger partial charge in [-0.1, -0.05) is 39.0 Å². The van der Waals surface area contributed by atoms with Gasteiger partial charge >= 0.3 is 0 Å². The Labute approximate surface area is 257 Å². The third kappa shape index (κ3) is 6.81. The summed E-state index contributed by atoms with van der Waals surface area (Å²) in [4.78, 5) is 19.6. The third-order valence-electron chi connectivity index (χ3n) is 9.27. The Morgan fingerprint density at radius 2 is 1.84 bits per heavy atom. The molecule has 0 aliphatic carbocycles. The molecule has 8 heteroatoms. The summed E-state index contributed by atoms with van der Waals surface area (Å²) < 4.78 is 16.6. The number of carbonyl (C=O) groups is 1. The smallest absolute Gasteiger partial charge is 0.192 e. The van der Waals surface area contributed by atoms with Crippen molar-refractivity contribution in [2.24, 2.45) is 0 Å². The molecule has 0 amide bonds. The Balaban J connectivity index is 1.23. The lowest BCUT2D eigenvalue weighted by molar-refractivity contribution is 0.104. The van der Waals surface area contributed by atoms with Crippen molar-refractivity contribution >= 4 is 25.0 Å². The van der Waals surface area contributed by atoms with Crippen LogP contribution in [0.4, 0.5) is 0 Å². The van der Waals surface area contributed by atoms with E-state index in [0.717, 1.165) is 50.5 Å². The van der Waals surface area contributed by atoms with Crippen LogP contribution in [0.5, 0.6) is 5.75 Å². The molecule has 0 saturated carbocycles. The molecular weight excluding hydrogens is 552 g/mol. The average Bonchev–Trinajstić information content (AvgIpc) is 3.58. The average molecular weight is 599 g/mol. The maximum Gasteiger partial charge on any atom is 0.192 e. The Morgan fingerprint density at radius 3 is 2.51 bits per heavy atom. The second kappa shape index (κ2) is 12.5. The van der Waals surface area contributed by atoms with Crippen LogP contribution in [0.25, 0.3) is 16.6 Å². The van der Waals surface area contributed by atoms with E-state index in [1.807, 2.05) is 36.0 Å². The first-order valence-corrected chi connectivity index (χ1v) is 18.3. The van der Waals surface area contributed by atoms with E-state index in [-0.39, 0.29) is 10.8 Å². The number of benzene rings is 2. The van der Waals surface area contributed by atoms with E-state index in [1.165, 1.54) is 16.6 Å². The number of nitrogens with zero attached hydrogens (tertiary/aromatic N) is 4. The Hall–Kier alpha value is -3.62. The van der Waals surface area contributed by atoms with E-state index in [2.05, 4.69) is 78.6 Å². The number of imidazole rings is 1. The highest BCUT2D eigenvalue weighted by molar-refractivity contribution is 6.74. The van der Waals surface area contributed by atoms with Crippen LogP contribution in [-0.4, -0.2) is 59.9 Å². The van der Waals surface area contributed by atoms with Gasteiger partial charge in [0.1, 0.15) is 5.75 Å². The van der Waals surface area contributed by atoms with Gasteiger partial charge in [0.05, 0.1) is 31.4 Å². The van der Waals surface area contributed by atoms with E-state index in [0.29, 0.717) is 17.2 Å². The molecule has 1 fully saturated rings. The zero-order valence-corrected chi connectivity index (χ0v) is 27.8. The summed E-state index contributed by atoms with van der Waals surface area (Å²) in [7, 11) is -0.181.